The number of hydrogen-bond donors (Lipinski definition) is 4. The number of amides is 3. The smallest absolute Gasteiger partial charge is 0.435 e. The molecule has 2 unspecified atom stereocenters. The van der Waals surface area contributed by atoms with Gasteiger partial charge in [0.15, 0.2) is 5.69 Å². The monoisotopic (exact) mass is 693 g/mol. The third kappa shape index (κ3) is 9.33. The van der Waals surface area contributed by atoms with Crippen LogP contribution in [0, 0.1) is 11.8 Å². The van der Waals surface area contributed by atoms with Crippen molar-refractivity contribution in [1.82, 2.24) is 15.1 Å². The van der Waals surface area contributed by atoms with Crippen LogP contribution in [0.5, 0.6) is 5.75 Å². The fraction of sp³-hybridized carbons (Fsp3) is 0.333. The number of alkyl carbamates (subject to hydrolysis) is 1. The van der Waals surface area contributed by atoms with Gasteiger partial charge in [0.05, 0.1) is 12.3 Å². The lowest BCUT2D eigenvalue weighted by Crippen LogP contribution is -2.32. The van der Waals surface area contributed by atoms with Gasteiger partial charge in [-0.15, -0.1) is 0 Å². The summed E-state index contributed by atoms with van der Waals surface area (Å²) in [6, 6.07) is 20.4. The van der Waals surface area contributed by atoms with Crippen LogP contribution in [0.25, 0.3) is 5.69 Å². The average molecular weight is 694 g/mol. The molecule has 11 nitrogen and oxygen atoms in total. The second kappa shape index (κ2) is 14.5. The van der Waals surface area contributed by atoms with Crippen molar-refractivity contribution in [1.29, 1.82) is 0 Å². The Hall–Kier alpha value is -5.53. The largest absolute Gasteiger partial charge is 0.508 e. The van der Waals surface area contributed by atoms with Gasteiger partial charge in [-0.3, -0.25) is 4.79 Å². The van der Waals surface area contributed by atoms with Crippen LogP contribution in [0.2, 0.25) is 0 Å². The van der Waals surface area contributed by atoms with E-state index in [4.69, 9.17) is 15.2 Å². The minimum Gasteiger partial charge on any atom is -0.508 e. The summed E-state index contributed by atoms with van der Waals surface area (Å²) in [7, 11) is 0. The van der Waals surface area contributed by atoms with E-state index in [1.807, 2.05) is 6.07 Å². The first kappa shape index (κ1) is 35.8. The van der Waals surface area contributed by atoms with Crippen LogP contribution in [0.4, 0.5) is 28.4 Å². The number of anilines is 1. The number of benzene rings is 3. The highest BCUT2D eigenvalue weighted by Gasteiger charge is 2.39. The first-order chi connectivity index (χ1) is 23.6. The highest BCUT2D eigenvalue weighted by Crippen LogP contribution is 2.47. The Morgan fingerprint density at radius 3 is 2.32 bits per heavy atom. The molecule has 0 radical (unpaired) electrons. The SMILES string of the molecule is CC(C)(C)OC(=O)NCc1cccc(-n2nc(C(F)(F)F)cc2C(=O)Nc2cccc(C(c3ccc(O)cc3)C(COC(N)=O)C3CC3)c2)c1. The predicted octanol–water partition coefficient (Wildman–Crippen LogP) is 7.13. The predicted molar refractivity (Wildman–Crippen MR) is 178 cm³/mol. The van der Waals surface area contributed by atoms with Gasteiger partial charge in [0, 0.05) is 30.1 Å². The lowest BCUT2D eigenvalue weighted by molar-refractivity contribution is -0.141. The molecular formula is C36H38F3N5O6. The molecule has 1 fully saturated rings. The number of phenols is 1. The van der Waals surface area contributed by atoms with Gasteiger partial charge in [0.25, 0.3) is 5.91 Å². The van der Waals surface area contributed by atoms with Crippen LogP contribution in [0.15, 0.2) is 78.9 Å². The van der Waals surface area contributed by atoms with E-state index in [0.29, 0.717) is 17.3 Å². The second-order valence-corrected chi connectivity index (χ2v) is 13.1. The Morgan fingerprint density at radius 1 is 0.980 bits per heavy atom. The summed E-state index contributed by atoms with van der Waals surface area (Å²) in [5.41, 5.74) is 5.50. The maximum absolute atomic E-state index is 13.9. The fourth-order valence-electron chi connectivity index (χ4n) is 5.75. The molecule has 1 saturated carbocycles. The van der Waals surface area contributed by atoms with Gasteiger partial charge < -0.3 is 30.9 Å². The Balaban J connectivity index is 1.44. The van der Waals surface area contributed by atoms with Gasteiger partial charge in [-0.2, -0.15) is 18.3 Å². The molecule has 14 heteroatoms. The maximum atomic E-state index is 13.9. The Labute approximate surface area is 286 Å². The maximum Gasteiger partial charge on any atom is 0.435 e. The van der Waals surface area contributed by atoms with Gasteiger partial charge in [0.1, 0.15) is 17.0 Å². The number of rotatable bonds is 11. The molecule has 1 aromatic heterocycles. The molecule has 1 aliphatic carbocycles. The van der Waals surface area contributed by atoms with E-state index < -0.39 is 35.6 Å². The zero-order valence-electron chi connectivity index (χ0n) is 27.7. The Kier molecular flexibility index (Phi) is 10.4. The summed E-state index contributed by atoms with van der Waals surface area (Å²) in [4.78, 5) is 37.4. The minimum atomic E-state index is -4.84. The lowest BCUT2D eigenvalue weighted by atomic mass is 9.78. The highest BCUT2D eigenvalue weighted by atomic mass is 19.4. The first-order valence-corrected chi connectivity index (χ1v) is 15.9. The summed E-state index contributed by atoms with van der Waals surface area (Å²) in [6.07, 6.45) is -4.57. The van der Waals surface area contributed by atoms with E-state index in [-0.39, 0.29) is 48.0 Å². The number of carbonyl (C=O) groups is 3. The molecule has 264 valence electrons. The van der Waals surface area contributed by atoms with Crippen molar-refractivity contribution >= 4 is 23.8 Å². The number of nitrogens with zero attached hydrogens (tertiary/aromatic N) is 2. The van der Waals surface area contributed by atoms with Crippen molar-refractivity contribution in [3.8, 4) is 11.4 Å². The molecule has 2 atom stereocenters. The number of carbonyl (C=O) groups excluding carboxylic acids is 3. The number of halogens is 3. The third-order valence-corrected chi connectivity index (χ3v) is 8.05. The van der Waals surface area contributed by atoms with E-state index in [1.54, 1.807) is 75.4 Å². The molecule has 5 N–H and O–H groups in total. The molecule has 0 saturated heterocycles. The van der Waals surface area contributed by atoms with Gasteiger partial charge in [-0.05, 0) is 92.6 Å². The summed E-state index contributed by atoms with van der Waals surface area (Å²) in [5.74, 6) is -1.05. The van der Waals surface area contributed by atoms with Crippen LogP contribution >= 0.6 is 0 Å². The number of nitrogens with two attached hydrogens (primary N) is 1. The summed E-state index contributed by atoms with van der Waals surface area (Å²) in [6.45, 7) is 5.21. The van der Waals surface area contributed by atoms with E-state index in [9.17, 15) is 32.7 Å². The van der Waals surface area contributed by atoms with Crippen molar-refractivity contribution in [3.05, 3.63) is 107 Å². The number of aromatic nitrogens is 2. The quantitative estimate of drug-likeness (QED) is 0.130. The van der Waals surface area contributed by atoms with Crippen molar-refractivity contribution in [2.24, 2.45) is 17.6 Å². The molecule has 5 rings (SSSR count). The van der Waals surface area contributed by atoms with E-state index >= 15 is 0 Å². The van der Waals surface area contributed by atoms with Gasteiger partial charge in [-0.1, -0.05) is 36.4 Å². The van der Waals surface area contributed by atoms with Crippen molar-refractivity contribution in [2.45, 2.75) is 57.9 Å². The van der Waals surface area contributed by atoms with E-state index in [2.05, 4.69) is 15.7 Å². The molecule has 0 spiro atoms. The number of hydrogen-bond acceptors (Lipinski definition) is 7. The molecule has 1 aliphatic rings. The van der Waals surface area contributed by atoms with Crippen LogP contribution in [0.1, 0.15) is 72.4 Å². The summed E-state index contributed by atoms with van der Waals surface area (Å²) >= 11 is 0. The van der Waals surface area contributed by atoms with Crippen LogP contribution in [0.3, 0.4) is 0 Å². The molecule has 0 aliphatic heterocycles. The molecule has 4 aromatic rings. The second-order valence-electron chi connectivity index (χ2n) is 13.1. The number of nitrogens with one attached hydrogen (secondary N) is 2. The molecular weight excluding hydrogens is 655 g/mol. The number of phenolic OH excluding ortho intramolecular Hbond substituents is 1. The van der Waals surface area contributed by atoms with Crippen LogP contribution in [-0.4, -0.2) is 45.2 Å². The van der Waals surface area contributed by atoms with Crippen molar-refractivity contribution < 1.29 is 42.1 Å². The minimum absolute atomic E-state index is 0.0129. The zero-order valence-corrected chi connectivity index (χ0v) is 27.7. The average Bonchev–Trinajstić information content (AvgIpc) is 3.77. The third-order valence-electron chi connectivity index (χ3n) is 8.05. The highest BCUT2D eigenvalue weighted by molar-refractivity contribution is 6.03. The van der Waals surface area contributed by atoms with E-state index in [0.717, 1.165) is 28.7 Å². The zero-order chi connectivity index (χ0) is 36.2. The van der Waals surface area contributed by atoms with E-state index in [1.165, 1.54) is 12.1 Å². The normalized spacial score (nSPS) is 14.4. The standard InChI is InChI=1S/C36H38F3N5O6/c1-35(2,3)50-34(48)41-19-21-6-4-9-26(16-21)44-29(18-30(43-44)36(37,38)39)32(46)42-25-8-5-7-24(17-25)31(23-12-14-27(45)15-13-23)28(22-10-11-22)20-49-33(40)47/h4-9,12-18,22,28,31,45H,10-11,19-20H2,1-3H3,(H2,40,47)(H,41,48)(H,42,46). The Bertz CT molecular complexity index is 1850. The van der Waals surface area contributed by atoms with Gasteiger partial charge in [-0.25, -0.2) is 14.3 Å². The topological polar surface area (TPSA) is 158 Å². The fourth-order valence-corrected chi connectivity index (χ4v) is 5.75. The molecule has 50 heavy (non-hydrogen) atoms. The van der Waals surface area contributed by atoms with Gasteiger partial charge in [0.2, 0.25) is 0 Å². The van der Waals surface area contributed by atoms with Gasteiger partial charge >= 0.3 is 18.4 Å². The molecule has 1 heterocycles. The van der Waals surface area contributed by atoms with Crippen LogP contribution in [-0.2, 0) is 22.2 Å². The number of ether oxygens (including phenoxy) is 2. The summed E-state index contributed by atoms with van der Waals surface area (Å²) in [5, 5.41) is 19.0. The molecule has 3 aromatic carbocycles. The first-order valence-electron chi connectivity index (χ1n) is 15.9. The van der Waals surface area contributed by atoms with Crippen LogP contribution < -0.4 is 16.4 Å². The number of primary amides is 1. The Morgan fingerprint density at radius 2 is 1.68 bits per heavy atom. The summed E-state index contributed by atoms with van der Waals surface area (Å²) < 4.78 is 53.0. The molecule has 3 amide bonds. The van der Waals surface area contributed by atoms with Crippen molar-refractivity contribution in [3.63, 3.8) is 0 Å². The van der Waals surface area contributed by atoms with Crippen molar-refractivity contribution in [2.75, 3.05) is 11.9 Å². The molecule has 0 bridgehead atoms. The number of aromatic hydroxyl groups is 1. The lowest BCUT2D eigenvalue weighted by Gasteiger charge is -2.28. The number of alkyl halides is 3.